The van der Waals surface area contributed by atoms with Crippen LogP contribution in [0.15, 0.2) is 36.5 Å². The van der Waals surface area contributed by atoms with Crippen LogP contribution in [-0.2, 0) is 11.2 Å². The molecule has 9 heteroatoms. The van der Waals surface area contributed by atoms with Crippen LogP contribution in [0.1, 0.15) is 47.4 Å². The number of piperidine rings is 1. The first-order chi connectivity index (χ1) is 17.1. The number of esters is 1. The standard InChI is InChI=1S/C26H29FN6O2/c1-35-26(34)18-15-20-23(29-16-18)22-24(28-9-6-12-33-10-3-2-4-11-33)31-21(32-25(22)30-20)14-17-7-5-8-19(27)13-17/h5,7-8,13,15-16H,2-4,6,9-12,14H2,1H3,(H2,28,30,31,32). The number of methoxy groups -OCH3 is 1. The highest BCUT2D eigenvalue weighted by molar-refractivity contribution is 6.10. The van der Waals surface area contributed by atoms with Crippen LogP contribution in [0, 0.1) is 5.82 Å². The highest BCUT2D eigenvalue weighted by Gasteiger charge is 2.18. The number of nitrogens with zero attached hydrogens (tertiary/aromatic N) is 4. The van der Waals surface area contributed by atoms with Gasteiger partial charge in [-0.25, -0.2) is 19.2 Å². The van der Waals surface area contributed by atoms with E-state index in [9.17, 15) is 9.18 Å². The normalized spacial score (nSPS) is 14.5. The summed E-state index contributed by atoms with van der Waals surface area (Å²) in [4.78, 5) is 31.8. The molecule has 182 valence electrons. The summed E-state index contributed by atoms with van der Waals surface area (Å²) >= 11 is 0. The predicted molar refractivity (Wildman–Crippen MR) is 133 cm³/mol. The minimum Gasteiger partial charge on any atom is -0.465 e. The number of aromatic amines is 1. The molecular weight excluding hydrogens is 447 g/mol. The van der Waals surface area contributed by atoms with Crippen molar-refractivity contribution in [2.24, 2.45) is 0 Å². The Morgan fingerprint density at radius 1 is 1.20 bits per heavy atom. The van der Waals surface area contributed by atoms with Crippen LogP contribution >= 0.6 is 0 Å². The largest absolute Gasteiger partial charge is 0.465 e. The Labute approximate surface area is 202 Å². The van der Waals surface area contributed by atoms with E-state index >= 15 is 0 Å². The zero-order valence-corrected chi connectivity index (χ0v) is 19.8. The van der Waals surface area contributed by atoms with Crippen LogP contribution in [0.3, 0.4) is 0 Å². The zero-order valence-electron chi connectivity index (χ0n) is 19.8. The van der Waals surface area contributed by atoms with E-state index in [4.69, 9.17) is 14.7 Å². The highest BCUT2D eigenvalue weighted by atomic mass is 19.1. The monoisotopic (exact) mass is 476 g/mol. The number of H-pyrrole nitrogens is 1. The van der Waals surface area contributed by atoms with Gasteiger partial charge in [-0.15, -0.1) is 0 Å². The van der Waals surface area contributed by atoms with Crippen LogP contribution < -0.4 is 5.32 Å². The van der Waals surface area contributed by atoms with Crippen molar-refractivity contribution in [3.05, 3.63) is 59.3 Å². The molecular formula is C26H29FN6O2. The Morgan fingerprint density at radius 3 is 2.86 bits per heavy atom. The maximum absolute atomic E-state index is 13.7. The average molecular weight is 477 g/mol. The maximum atomic E-state index is 13.7. The number of halogens is 1. The van der Waals surface area contributed by atoms with Gasteiger partial charge in [-0.1, -0.05) is 18.6 Å². The molecule has 0 radical (unpaired) electrons. The second-order valence-electron chi connectivity index (χ2n) is 8.94. The Kier molecular flexibility index (Phi) is 6.85. The van der Waals surface area contributed by atoms with E-state index in [0.717, 1.165) is 30.5 Å². The minimum absolute atomic E-state index is 0.287. The lowest BCUT2D eigenvalue weighted by molar-refractivity contribution is 0.0600. The number of benzene rings is 1. The smallest absolute Gasteiger partial charge is 0.339 e. The molecule has 1 aliphatic heterocycles. The number of ether oxygens (including phenoxy) is 1. The third-order valence-corrected chi connectivity index (χ3v) is 6.40. The number of fused-ring (bicyclic) bond motifs is 3. The first kappa shape index (κ1) is 23.2. The number of rotatable bonds is 8. The molecule has 0 spiro atoms. The molecule has 2 N–H and O–H groups in total. The van der Waals surface area contributed by atoms with Gasteiger partial charge in [0.25, 0.3) is 0 Å². The molecule has 1 fully saturated rings. The molecule has 0 atom stereocenters. The summed E-state index contributed by atoms with van der Waals surface area (Å²) < 4.78 is 18.5. The summed E-state index contributed by atoms with van der Waals surface area (Å²) in [5.41, 5.74) is 3.13. The van der Waals surface area contributed by atoms with Crippen molar-refractivity contribution in [3.63, 3.8) is 0 Å². The Balaban J connectivity index is 1.45. The van der Waals surface area contributed by atoms with E-state index in [1.807, 2.05) is 6.07 Å². The molecule has 8 nitrogen and oxygen atoms in total. The van der Waals surface area contributed by atoms with Crippen LogP contribution in [0.4, 0.5) is 10.2 Å². The van der Waals surface area contributed by atoms with E-state index in [1.54, 1.807) is 12.1 Å². The first-order valence-corrected chi connectivity index (χ1v) is 12.1. The quantitative estimate of drug-likeness (QED) is 0.289. The molecule has 0 amide bonds. The zero-order chi connectivity index (χ0) is 24.2. The molecule has 1 aliphatic rings. The van der Waals surface area contributed by atoms with Crippen LogP contribution in [0.5, 0.6) is 0 Å². The molecule has 0 unspecified atom stereocenters. The summed E-state index contributed by atoms with van der Waals surface area (Å²) in [6, 6.07) is 8.17. The van der Waals surface area contributed by atoms with Crippen molar-refractivity contribution in [2.75, 3.05) is 38.6 Å². The molecule has 3 aromatic heterocycles. The Bertz CT molecular complexity index is 1350. The third kappa shape index (κ3) is 5.24. The van der Waals surface area contributed by atoms with Gasteiger partial charge in [-0.05, 0) is 62.7 Å². The summed E-state index contributed by atoms with van der Waals surface area (Å²) in [7, 11) is 1.34. The van der Waals surface area contributed by atoms with Crippen LogP contribution in [0.25, 0.3) is 22.1 Å². The molecule has 0 saturated carbocycles. The second kappa shape index (κ2) is 10.4. The fraction of sp³-hybridized carbons (Fsp3) is 0.385. The highest BCUT2D eigenvalue weighted by Crippen LogP contribution is 2.29. The number of anilines is 1. The first-order valence-electron chi connectivity index (χ1n) is 12.1. The number of nitrogens with one attached hydrogen (secondary N) is 2. The molecule has 5 rings (SSSR count). The molecule has 4 heterocycles. The summed E-state index contributed by atoms with van der Waals surface area (Å²) in [5, 5.41) is 4.26. The summed E-state index contributed by atoms with van der Waals surface area (Å²) in [5.74, 6) is 0.516. The number of carbonyl (C=O) groups excluding carboxylic acids is 1. The van der Waals surface area contributed by atoms with Gasteiger partial charge in [0.15, 0.2) is 0 Å². The van der Waals surface area contributed by atoms with Crippen LogP contribution in [-0.4, -0.2) is 64.1 Å². The van der Waals surface area contributed by atoms with Crippen molar-refractivity contribution >= 4 is 33.9 Å². The fourth-order valence-electron chi connectivity index (χ4n) is 4.67. The number of carbonyl (C=O) groups is 1. The second-order valence-corrected chi connectivity index (χ2v) is 8.94. The lowest BCUT2D eigenvalue weighted by Gasteiger charge is -2.26. The van der Waals surface area contributed by atoms with E-state index < -0.39 is 5.97 Å². The predicted octanol–water partition coefficient (Wildman–Crippen LogP) is 4.31. The van der Waals surface area contributed by atoms with Gasteiger partial charge in [0.05, 0.1) is 23.6 Å². The van der Waals surface area contributed by atoms with Crippen molar-refractivity contribution in [2.45, 2.75) is 32.1 Å². The van der Waals surface area contributed by atoms with Gasteiger partial charge < -0.3 is 19.9 Å². The third-order valence-electron chi connectivity index (χ3n) is 6.40. The SMILES string of the molecule is COC(=O)c1cnc2c(c1)[nH]c1nc(Cc3cccc(F)c3)nc(NCCCN3CCCCC3)c12. The van der Waals surface area contributed by atoms with E-state index in [0.29, 0.717) is 40.3 Å². The average Bonchev–Trinajstić information content (AvgIpc) is 3.24. The molecule has 1 saturated heterocycles. The maximum Gasteiger partial charge on any atom is 0.339 e. The number of hydrogen-bond donors (Lipinski definition) is 2. The number of aromatic nitrogens is 4. The van der Waals surface area contributed by atoms with E-state index in [-0.39, 0.29) is 5.82 Å². The van der Waals surface area contributed by atoms with Crippen molar-refractivity contribution in [1.82, 2.24) is 24.8 Å². The Hall–Kier alpha value is -3.59. The lowest BCUT2D eigenvalue weighted by Crippen LogP contribution is -2.31. The van der Waals surface area contributed by atoms with Crippen LogP contribution in [0.2, 0.25) is 0 Å². The van der Waals surface area contributed by atoms with Gasteiger partial charge in [-0.3, -0.25) is 4.98 Å². The Morgan fingerprint density at radius 2 is 2.06 bits per heavy atom. The van der Waals surface area contributed by atoms with Crippen molar-refractivity contribution in [3.8, 4) is 0 Å². The number of hydrogen-bond acceptors (Lipinski definition) is 7. The minimum atomic E-state index is -0.452. The summed E-state index contributed by atoms with van der Waals surface area (Å²) in [6.07, 6.45) is 6.77. The lowest BCUT2D eigenvalue weighted by atomic mass is 10.1. The van der Waals surface area contributed by atoms with Gasteiger partial charge >= 0.3 is 5.97 Å². The van der Waals surface area contributed by atoms with Gasteiger partial charge in [-0.2, -0.15) is 0 Å². The molecule has 1 aromatic carbocycles. The number of likely N-dealkylation sites (tertiary alicyclic amines) is 1. The van der Waals surface area contributed by atoms with Crippen molar-refractivity contribution in [1.29, 1.82) is 0 Å². The molecule has 0 aliphatic carbocycles. The molecule has 35 heavy (non-hydrogen) atoms. The number of pyridine rings is 1. The van der Waals surface area contributed by atoms with Gasteiger partial charge in [0, 0.05) is 19.2 Å². The van der Waals surface area contributed by atoms with E-state index in [2.05, 4.69) is 20.2 Å². The molecule has 0 bridgehead atoms. The van der Waals surface area contributed by atoms with E-state index in [1.165, 1.54) is 57.8 Å². The van der Waals surface area contributed by atoms with Gasteiger partial charge in [0.2, 0.25) is 0 Å². The van der Waals surface area contributed by atoms with Gasteiger partial charge in [0.1, 0.15) is 28.6 Å². The van der Waals surface area contributed by atoms with Crippen molar-refractivity contribution < 1.29 is 13.9 Å². The fourth-order valence-corrected chi connectivity index (χ4v) is 4.67. The topological polar surface area (TPSA) is 96.0 Å². The summed E-state index contributed by atoms with van der Waals surface area (Å²) in [6.45, 7) is 4.15. The molecule has 4 aromatic rings.